The number of rotatable bonds is 7. The van der Waals surface area contributed by atoms with Gasteiger partial charge in [0.15, 0.2) is 0 Å². The Morgan fingerprint density at radius 2 is 0.911 bits per heavy atom. The predicted octanol–water partition coefficient (Wildman–Crippen LogP) is 15.0. The largest absolute Gasteiger partial charge is 0.309 e. The fourth-order valence-corrected chi connectivity index (χ4v) is 9.51. The van der Waals surface area contributed by atoms with Crippen molar-refractivity contribution in [2.75, 3.05) is 4.90 Å². The van der Waals surface area contributed by atoms with Gasteiger partial charge in [0.2, 0.25) is 0 Å². The minimum Gasteiger partial charge on any atom is -0.309 e. The van der Waals surface area contributed by atoms with Crippen molar-refractivity contribution in [2.24, 2.45) is 0 Å². The molecule has 0 bridgehead atoms. The fraction of sp³-hybridized carbons (Fsp3) is 0.127. The summed E-state index contributed by atoms with van der Waals surface area (Å²) in [5.74, 6) is 0. The van der Waals surface area contributed by atoms with E-state index in [1.165, 1.54) is 103 Å². The number of aryl methyl sites for hydroxylation is 1. The number of para-hydroxylation sites is 1. The third kappa shape index (κ3) is 5.78. The molecule has 0 amide bonds. The highest BCUT2D eigenvalue weighted by atomic mass is 15.1. The zero-order valence-corrected chi connectivity index (χ0v) is 32.2. The summed E-state index contributed by atoms with van der Waals surface area (Å²) in [5.41, 5.74) is 21.7. The van der Waals surface area contributed by atoms with E-state index in [0.717, 1.165) is 17.8 Å². The second-order valence-electron chi connectivity index (χ2n) is 15.9. The number of hydrogen-bond donors (Lipinski definition) is 0. The van der Waals surface area contributed by atoms with E-state index in [1.54, 1.807) is 0 Å². The van der Waals surface area contributed by atoms with E-state index in [4.69, 9.17) is 0 Å². The molecular weight excluding hydrogens is 675 g/mol. The predicted molar refractivity (Wildman–Crippen MR) is 237 cm³/mol. The highest BCUT2D eigenvalue weighted by Crippen LogP contribution is 2.55. The van der Waals surface area contributed by atoms with Gasteiger partial charge < -0.3 is 4.90 Å². The van der Waals surface area contributed by atoms with E-state index >= 15 is 0 Å². The van der Waals surface area contributed by atoms with Crippen LogP contribution in [0.5, 0.6) is 0 Å². The zero-order valence-electron chi connectivity index (χ0n) is 32.2. The molecule has 1 nitrogen and oxygen atoms in total. The van der Waals surface area contributed by atoms with E-state index < -0.39 is 0 Å². The second kappa shape index (κ2) is 14.0. The Bertz CT molecular complexity index is 2630. The molecule has 0 N–H and O–H groups in total. The van der Waals surface area contributed by atoms with E-state index in [0.29, 0.717) is 0 Å². The lowest BCUT2D eigenvalue weighted by Crippen LogP contribution is -2.17. The van der Waals surface area contributed by atoms with Crippen LogP contribution in [-0.2, 0) is 18.3 Å². The van der Waals surface area contributed by atoms with E-state index in [9.17, 15) is 0 Å². The molecule has 0 unspecified atom stereocenters. The molecule has 1 heteroatoms. The number of hydrogen-bond acceptors (Lipinski definition) is 1. The number of benzene rings is 8. The molecule has 2 aliphatic rings. The van der Waals surface area contributed by atoms with Gasteiger partial charge in [-0.05, 0) is 117 Å². The summed E-state index contributed by atoms with van der Waals surface area (Å²) in [4.78, 5) is 2.52. The minimum atomic E-state index is -0.186. The molecule has 0 spiro atoms. The maximum Gasteiger partial charge on any atom is 0.0618 e. The fourth-order valence-electron chi connectivity index (χ4n) is 9.51. The summed E-state index contributed by atoms with van der Waals surface area (Å²) in [6.45, 7) is 4.78. The maximum absolute atomic E-state index is 2.52. The lowest BCUT2D eigenvalue weighted by atomic mass is 9.81. The molecular formula is C55H45N. The van der Waals surface area contributed by atoms with Gasteiger partial charge in [0.1, 0.15) is 0 Å². The molecule has 0 saturated carbocycles. The molecule has 10 rings (SSSR count). The Hall–Kier alpha value is -6.44. The normalized spacial score (nSPS) is 13.8. The average Bonchev–Trinajstić information content (AvgIpc) is 3.50. The van der Waals surface area contributed by atoms with Crippen molar-refractivity contribution in [3.63, 3.8) is 0 Å². The Morgan fingerprint density at radius 3 is 1.57 bits per heavy atom. The van der Waals surface area contributed by atoms with Gasteiger partial charge in [-0.15, -0.1) is 0 Å². The summed E-state index contributed by atoms with van der Waals surface area (Å²) in [7, 11) is 0. The maximum atomic E-state index is 2.52. The van der Waals surface area contributed by atoms with Gasteiger partial charge in [-0.2, -0.15) is 0 Å². The molecule has 56 heavy (non-hydrogen) atoms. The average molecular weight is 720 g/mol. The first-order valence-corrected chi connectivity index (χ1v) is 20.2. The lowest BCUT2D eigenvalue weighted by molar-refractivity contribution is 0.660. The lowest BCUT2D eigenvalue weighted by Gasteiger charge is -2.32. The van der Waals surface area contributed by atoms with Crippen LogP contribution in [0.4, 0.5) is 17.1 Å². The molecule has 0 fully saturated rings. The molecule has 8 aromatic carbocycles. The van der Waals surface area contributed by atoms with Crippen molar-refractivity contribution in [1.29, 1.82) is 0 Å². The van der Waals surface area contributed by atoms with Crippen molar-refractivity contribution in [2.45, 2.75) is 44.9 Å². The third-order valence-corrected chi connectivity index (χ3v) is 12.3. The van der Waals surface area contributed by atoms with Crippen LogP contribution >= 0.6 is 0 Å². The second-order valence-corrected chi connectivity index (χ2v) is 15.9. The topological polar surface area (TPSA) is 3.24 Å². The summed E-state index contributed by atoms with van der Waals surface area (Å²) >= 11 is 0. The molecule has 0 aromatic heterocycles. The third-order valence-electron chi connectivity index (χ3n) is 12.3. The van der Waals surface area contributed by atoms with E-state index in [2.05, 4.69) is 207 Å². The zero-order chi connectivity index (χ0) is 37.6. The number of nitrogens with zero attached hydrogens (tertiary/aromatic N) is 1. The van der Waals surface area contributed by atoms with E-state index in [1.807, 2.05) is 0 Å². The molecule has 270 valence electrons. The molecule has 0 atom stereocenters. The van der Waals surface area contributed by atoms with Gasteiger partial charge in [-0.1, -0.05) is 178 Å². The van der Waals surface area contributed by atoms with E-state index in [-0.39, 0.29) is 5.41 Å². The summed E-state index contributed by atoms with van der Waals surface area (Å²) < 4.78 is 0. The van der Waals surface area contributed by atoms with Crippen LogP contribution < -0.4 is 4.90 Å². The first-order chi connectivity index (χ1) is 27.6. The molecule has 0 aliphatic heterocycles. The monoisotopic (exact) mass is 719 g/mol. The van der Waals surface area contributed by atoms with Crippen LogP contribution in [0.3, 0.4) is 0 Å². The van der Waals surface area contributed by atoms with Crippen LogP contribution in [-0.4, -0.2) is 0 Å². The van der Waals surface area contributed by atoms with Crippen molar-refractivity contribution in [3.05, 3.63) is 210 Å². The van der Waals surface area contributed by atoms with Crippen molar-refractivity contribution < 1.29 is 0 Å². The minimum absolute atomic E-state index is 0.186. The summed E-state index contributed by atoms with van der Waals surface area (Å²) in [6.07, 6.45) is 4.88. The first kappa shape index (κ1) is 34.1. The van der Waals surface area contributed by atoms with Crippen molar-refractivity contribution >= 4 is 17.1 Å². The Labute approximate surface area is 331 Å². The van der Waals surface area contributed by atoms with Crippen LogP contribution in [0.1, 0.15) is 48.9 Å². The standard InChI is InChI=1S/C55H45N/c1-55(2)51-30-16-27-47(39-17-6-3-7-18-39)53(51)50-36-35-44(37-52(50)55)56(43-33-31-42(32-34-43)46-26-14-24-38-23-12-13-25-45(38)46)54-48(40-19-8-4-9-20-40)28-15-29-49(54)41-21-10-5-11-22-41/h3-11,14-22,24,26-37H,12-13,23,25H2,1-2H3. The Balaban J connectivity index is 1.20. The van der Waals surface area contributed by atoms with Gasteiger partial charge in [0.05, 0.1) is 5.69 Å². The van der Waals surface area contributed by atoms with Crippen LogP contribution in [0.15, 0.2) is 188 Å². The van der Waals surface area contributed by atoms with Crippen LogP contribution in [0.25, 0.3) is 55.6 Å². The van der Waals surface area contributed by atoms with Crippen molar-refractivity contribution in [3.8, 4) is 55.6 Å². The molecule has 8 aromatic rings. The number of fused-ring (bicyclic) bond motifs is 4. The summed E-state index contributed by atoms with van der Waals surface area (Å²) in [6, 6.07) is 69.7. The SMILES string of the molecule is CC1(C)c2cc(N(c3ccc(-c4cccc5c4CCCC5)cc3)c3c(-c4ccccc4)cccc3-c3ccccc3)ccc2-c2c(-c3ccccc3)cccc21. The first-order valence-electron chi connectivity index (χ1n) is 20.2. The molecule has 2 aliphatic carbocycles. The molecule has 0 saturated heterocycles. The number of anilines is 3. The van der Waals surface area contributed by atoms with Crippen LogP contribution in [0.2, 0.25) is 0 Å². The smallest absolute Gasteiger partial charge is 0.0618 e. The van der Waals surface area contributed by atoms with Crippen LogP contribution in [0, 0.1) is 0 Å². The van der Waals surface area contributed by atoms with Gasteiger partial charge in [-0.25, -0.2) is 0 Å². The highest BCUT2D eigenvalue weighted by Gasteiger charge is 2.38. The quantitative estimate of drug-likeness (QED) is 0.159. The Kier molecular flexibility index (Phi) is 8.52. The van der Waals surface area contributed by atoms with Gasteiger partial charge >= 0.3 is 0 Å². The highest BCUT2D eigenvalue weighted by molar-refractivity contribution is 5.99. The van der Waals surface area contributed by atoms with Gasteiger partial charge in [-0.3, -0.25) is 0 Å². The van der Waals surface area contributed by atoms with Gasteiger partial charge in [0.25, 0.3) is 0 Å². The Morgan fingerprint density at radius 1 is 0.393 bits per heavy atom. The van der Waals surface area contributed by atoms with Crippen molar-refractivity contribution in [1.82, 2.24) is 0 Å². The summed E-state index contributed by atoms with van der Waals surface area (Å²) in [5, 5.41) is 0. The molecule has 0 radical (unpaired) electrons. The molecule has 0 heterocycles. The van der Waals surface area contributed by atoms with Gasteiger partial charge in [0, 0.05) is 27.9 Å².